The lowest BCUT2D eigenvalue weighted by Crippen LogP contribution is -1.94. The van der Waals surface area contributed by atoms with E-state index in [-0.39, 0.29) is 11.5 Å². The Morgan fingerprint density at radius 1 is 1.18 bits per heavy atom. The van der Waals surface area contributed by atoms with E-state index < -0.39 is 11.6 Å². The Hall–Kier alpha value is -1.69. The van der Waals surface area contributed by atoms with Crippen LogP contribution >= 0.6 is 15.9 Å². The van der Waals surface area contributed by atoms with E-state index in [1.165, 1.54) is 24.5 Å². The molecule has 3 nitrogen and oxygen atoms in total. The maximum atomic E-state index is 13.4. The molecule has 0 saturated heterocycles. The number of benzene rings is 1. The van der Waals surface area contributed by atoms with Crippen LogP contribution < -0.4 is 10.5 Å². The van der Waals surface area contributed by atoms with Gasteiger partial charge in [-0.25, -0.2) is 4.39 Å². The third kappa shape index (κ3) is 2.71. The average molecular weight is 301 g/mol. The van der Waals surface area contributed by atoms with Crippen molar-refractivity contribution in [2.75, 3.05) is 5.73 Å². The summed E-state index contributed by atoms with van der Waals surface area (Å²) in [6.45, 7) is 0. The predicted octanol–water partition coefficient (Wildman–Crippen LogP) is 3.50. The van der Waals surface area contributed by atoms with Crippen molar-refractivity contribution < 1.29 is 13.5 Å². The maximum absolute atomic E-state index is 13.4. The zero-order valence-corrected chi connectivity index (χ0v) is 10.0. The highest BCUT2D eigenvalue weighted by Crippen LogP contribution is 2.29. The highest BCUT2D eigenvalue weighted by atomic mass is 79.9. The first-order valence-electron chi connectivity index (χ1n) is 4.59. The van der Waals surface area contributed by atoms with Crippen LogP contribution in [0.25, 0.3) is 0 Å². The van der Waals surface area contributed by atoms with E-state index in [4.69, 9.17) is 10.5 Å². The fourth-order valence-corrected chi connectivity index (χ4v) is 1.63. The summed E-state index contributed by atoms with van der Waals surface area (Å²) in [5.74, 6) is -2.05. The average Bonchev–Trinajstić information content (AvgIpc) is 2.25. The lowest BCUT2D eigenvalue weighted by Gasteiger charge is -2.07. The lowest BCUT2D eigenvalue weighted by molar-refractivity contribution is 0.414. The van der Waals surface area contributed by atoms with Gasteiger partial charge in [-0.1, -0.05) is 15.9 Å². The van der Waals surface area contributed by atoms with E-state index in [0.29, 0.717) is 10.2 Å². The Kier molecular flexibility index (Phi) is 3.23. The number of anilines is 1. The van der Waals surface area contributed by atoms with Gasteiger partial charge in [0.05, 0.1) is 18.1 Å². The molecule has 0 spiro atoms. The van der Waals surface area contributed by atoms with Gasteiger partial charge >= 0.3 is 0 Å². The fraction of sp³-hybridized carbons (Fsp3) is 0. The first-order chi connectivity index (χ1) is 8.06. The molecule has 0 atom stereocenters. The summed E-state index contributed by atoms with van der Waals surface area (Å²) in [5, 5.41) is 0. The van der Waals surface area contributed by atoms with Gasteiger partial charge in [-0.2, -0.15) is 4.39 Å². The Bertz CT molecular complexity index is 563. The predicted molar refractivity (Wildman–Crippen MR) is 62.8 cm³/mol. The van der Waals surface area contributed by atoms with E-state index in [1.807, 2.05) is 0 Å². The second kappa shape index (κ2) is 4.67. The lowest BCUT2D eigenvalue weighted by atomic mass is 10.3. The number of pyridine rings is 1. The number of rotatable bonds is 2. The minimum Gasteiger partial charge on any atom is -0.452 e. The molecule has 0 amide bonds. The van der Waals surface area contributed by atoms with Crippen LogP contribution in [0.5, 0.6) is 11.5 Å². The first kappa shape index (κ1) is 11.8. The van der Waals surface area contributed by atoms with Gasteiger partial charge in [0.1, 0.15) is 5.75 Å². The summed E-state index contributed by atoms with van der Waals surface area (Å²) in [5.41, 5.74) is 5.86. The molecule has 0 aliphatic heterocycles. The molecule has 88 valence electrons. The van der Waals surface area contributed by atoms with Crippen LogP contribution in [0, 0.1) is 11.6 Å². The molecule has 1 aromatic carbocycles. The van der Waals surface area contributed by atoms with Crippen molar-refractivity contribution in [3.8, 4) is 11.5 Å². The molecule has 0 unspecified atom stereocenters. The van der Waals surface area contributed by atoms with Gasteiger partial charge in [-0.05, 0) is 12.1 Å². The number of nitrogen functional groups attached to an aromatic ring is 1. The standard InChI is InChI=1S/C11H7BrF2N2O/c12-6-1-9(13)11(14)10(2-6)17-8-3-7(15)4-16-5-8/h1-5H,15H2. The first-order valence-corrected chi connectivity index (χ1v) is 5.38. The minimum absolute atomic E-state index is 0.232. The van der Waals surface area contributed by atoms with Crippen LogP contribution in [0.1, 0.15) is 0 Å². The van der Waals surface area contributed by atoms with Gasteiger partial charge in [0.2, 0.25) is 5.82 Å². The SMILES string of the molecule is Nc1cncc(Oc2cc(Br)cc(F)c2F)c1. The molecule has 0 saturated carbocycles. The van der Waals surface area contributed by atoms with Crippen LogP contribution in [0.15, 0.2) is 35.1 Å². The number of hydrogen-bond acceptors (Lipinski definition) is 3. The van der Waals surface area contributed by atoms with Gasteiger partial charge in [0.25, 0.3) is 0 Å². The van der Waals surface area contributed by atoms with Crippen LogP contribution in [0.2, 0.25) is 0 Å². The van der Waals surface area contributed by atoms with Gasteiger partial charge in [0, 0.05) is 10.5 Å². The quantitative estimate of drug-likeness (QED) is 0.864. The van der Waals surface area contributed by atoms with E-state index >= 15 is 0 Å². The van der Waals surface area contributed by atoms with Gasteiger partial charge in [-0.15, -0.1) is 0 Å². The third-order valence-corrected chi connectivity index (χ3v) is 2.38. The summed E-state index contributed by atoms with van der Waals surface area (Å²) in [7, 11) is 0. The number of ether oxygens (including phenoxy) is 1. The van der Waals surface area contributed by atoms with E-state index in [2.05, 4.69) is 20.9 Å². The Labute approximate surface area is 104 Å². The summed E-state index contributed by atoms with van der Waals surface area (Å²) < 4.78 is 32.0. The number of nitrogens with zero attached hydrogens (tertiary/aromatic N) is 1. The molecular weight excluding hydrogens is 294 g/mol. The molecule has 0 fully saturated rings. The minimum atomic E-state index is -1.06. The molecular formula is C11H7BrF2N2O. The topological polar surface area (TPSA) is 48.1 Å². The normalized spacial score (nSPS) is 10.3. The van der Waals surface area contributed by atoms with Crippen LogP contribution in [-0.4, -0.2) is 4.98 Å². The zero-order valence-electron chi connectivity index (χ0n) is 8.45. The number of hydrogen-bond donors (Lipinski definition) is 1. The summed E-state index contributed by atoms with van der Waals surface area (Å²) in [6, 6.07) is 3.80. The molecule has 1 heterocycles. The molecule has 2 aromatic rings. The second-order valence-corrected chi connectivity index (χ2v) is 4.17. The Morgan fingerprint density at radius 3 is 2.65 bits per heavy atom. The van der Waals surface area contributed by atoms with Crippen molar-refractivity contribution in [3.63, 3.8) is 0 Å². The van der Waals surface area contributed by atoms with E-state index in [0.717, 1.165) is 6.07 Å². The van der Waals surface area contributed by atoms with Crippen molar-refractivity contribution >= 4 is 21.6 Å². The highest BCUT2D eigenvalue weighted by molar-refractivity contribution is 9.10. The molecule has 17 heavy (non-hydrogen) atoms. The van der Waals surface area contributed by atoms with Gasteiger partial charge in [0.15, 0.2) is 11.6 Å². The van der Waals surface area contributed by atoms with E-state index in [1.54, 1.807) is 0 Å². The van der Waals surface area contributed by atoms with E-state index in [9.17, 15) is 8.78 Å². The Balaban J connectivity index is 2.36. The molecule has 6 heteroatoms. The van der Waals surface area contributed by atoms with Crippen molar-refractivity contribution in [1.29, 1.82) is 0 Å². The maximum Gasteiger partial charge on any atom is 0.201 e. The number of aromatic nitrogens is 1. The summed E-state index contributed by atoms with van der Waals surface area (Å²) in [4.78, 5) is 3.78. The smallest absolute Gasteiger partial charge is 0.201 e. The molecule has 0 bridgehead atoms. The molecule has 2 N–H and O–H groups in total. The van der Waals surface area contributed by atoms with Crippen molar-refractivity contribution in [2.24, 2.45) is 0 Å². The largest absolute Gasteiger partial charge is 0.452 e. The molecule has 1 aromatic heterocycles. The molecule has 2 rings (SSSR count). The van der Waals surface area contributed by atoms with Gasteiger partial charge in [-0.3, -0.25) is 4.98 Å². The highest BCUT2D eigenvalue weighted by Gasteiger charge is 2.12. The second-order valence-electron chi connectivity index (χ2n) is 3.26. The van der Waals surface area contributed by atoms with Crippen molar-refractivity contribution in [2.45, 2.75) is 0 Å². The third-order valence-electron chi connectivity index (χ3n) is 1.92. The summed E-state index contributed by atoms with van der Waals surface area (Å²) >= 11 is 3.05. The fourth-order valence-electron chi connectivity index (χ4n) is 1.23. The van der Waals surface area contributed by atoms with Crippen LogP contribution in [0.3, 0.4) is 0 Å². The van der Waals surface area contributed by atoms with Gasteiger partial charge < -0.3 is 10.5 Å². The van der Waals surface area contributed by atoms with Crippen molar-refractivity contribution in [1.82, 2.24) is 4.98 Å². The van der Waals surface area contributed by atoms with Crippen LogP contribution in [-0.2, 0) is 0 Å². The zero-order chi connectivity index (χ0) is 12.4. The summed E-state index contributed by atoms with van der Waals surface area (Å²) in [6.07, 6.45) is 2.78. The number of halogens is 3. The molecule has 0 radical (unpaired) electrons. The molecule has 0 aliphatic rings. The monoisotopic (exact) mass is 300 g/mol. The number of nitrogens with two attached hydrogens (primary N) is 1. The van der Waals surface area contributed by atoms with Crippen LogP contribution in [0.4, 0.5) is 14.5 Å². The Morgan fingerprint density at radius 2 is 1.94 bits per heavy atom. The molecule has 0 aliphatic carbocycles. The van der Waals surface area contributed by atoms with Crippen molar-refractivity contribution in [3.05, 3.63) is 46.7 Å².